The van der Waals surface area contributed by atoms with Gasteiger partial charge in [-0.15, -0.1) is 0 Å². The summed E-state index contributed by atoms with van der Waals surface area (Å²) in [6.07, 6.45) is 33.9. The van der Waals surface area contributed by atoms with Crippen molar-refractivity contribution in [3.8, 4) is 0 Å². The third-order valence-electron chi connectivity index (χ3n) is 11.0. The molecule has 74 heavy (non-hydrogen) atoms. The molecule has 0 rings (SSSR count). The SMILES string of the molecule is CSSC.CSSC.CSSC.C[C@@H](CCCCNC(=O)COCCOCCCC(=O)COCCOCCNC(=O)CCC(CC(=O)CCCCCCCCCCCCCCCCCCC(=O)O)C(=O)O)C(=O)O. The zero-order chi connectivity index (χ0) is 56.1. The van der Waals surface area contributed by atoms with Crippen LogP contribution < -0.4 is 10.6 Å². The van der Waals surface area contributed by atoms with Crippen LogP contribution in [0, 0.1) is 11.8 Å². The number of aliphatic carboxylic acids is 3. The minimum absolute atomic E-state index is 0.00502. The van der Waals surface area contributed by atoms with Crippen molar-refractivity contribution in [2.45, 2.75) is 174 Å². The van der Waals surface area contributed by atoms with Gasteiger partial charge in [-0.25, -0.2) is 0 Å². The van der Waals surface area contributed by atoms with Crippen molar-refractivity contribution in [2.75, 3.05) is 103 Å². The molecule has 0 aromatic rings. The molecule has 0 radical (unpaired) electrons. The molecule has 438 valence electrons. The fraction of sp³-hybridized carbons (Fsp3) is 0.865. The number of rotatable bonds is 51. The van der Waals surface area contributed by atoms with Gasteiger partial charge in [-0.2, -0.15) is 0 Å². The number of carboxylic acids is 3. The van der Waals surface area contributed by atoms with Crippen molar-refractivity contribution in [3.05, 3.63) is 0 Å². The second kappa shape index (κ2) is 65.9. The number of hydrogen-bond acceptors (Lipinski definition) is 17. The van der Waals surface area contributed by atoms with Gasteiger partial charge in [-0.3, -0.25) is 33.6 Å². The average Bonchev–Trinajstić information content (AvgIpc) is 3.38. The van der Waals surface area contributed by atoms with Gasteiger partial charge in [0.1, 0.15) is 19.0 Å². The highest BCUT2D eigenvalue weighted by Crippen LogP contribution is 2.18. The first-order valence-corrected chi connectivity index (χ1v) is 35.3. The van der Waals surface area contributed by atoms with Crippen LogP contribution in [-0.2, 0) is 52.5 Å². The van der Waals surface area contributed by atoms with E-state index in [0.29, 0.717) is 51.9 Å². The number of unbranched alkanes of at least 4 members (excludes halogenated alkanes) is 16. The third kappa shape index (κ3) is 70.6. The first kappa shape index (κ1) is 79.1. The summed E-state index contributed by atoms with van der Waals surface area (Å²) >= 11 is 0. The predicted octanol–water partition coefficient (Wildman–Crippen LogP) is 12.0. The molecule has 22 heteroatoms. The van der Waals surface area contributed by atoms with E-state index in [9.17, 15) is 38.7 Å². The molecule has 0 aromatic carbocycles. The molecule has 0 aliphatic heterocycles. The van der Waals surface area contributed by atoms with Crippen LogP contribution in [0.5, 0.6) is 0 Å². The summed E-state index contributed by atoms with van der Waals surface area (Å²) in [4.78, 5) is 81.5. The Bertz CT molecular complexity index is 1310. The molecule has 5 N–H and O–H groups in total. The average molecular weight is 1170 g/mol. The van der Waals surface area contributed by atoms with Crippen LogP contribution in [0.25, 0.3) is 0 Å². The topological polar surface area (TPSA) is 241 Å². The first-order chi connectivity index (χ1) is 35.7. The third-order valence-corrected chi connectivity index (χ3v) is 15.0. The Morgan fingerprint density at radius 3 is 1.27 bits per heavy atom. The molecule has 16 nitrogen and oxygen atoms in total. The highest BCUT2D eigenvalue weighted by atomic mass is 33.1. The van der Waals surface area contributed by atoms with Crippen LogP contribution in [0.15, 0.2) is 0 Å². The highest BCUT2D eigenvalue weighted by Gasteiger charge is 2.22. The van der Waals surface area contributed by atoms with Crippen molar-refractivity contribution >= 4 is 106 Å². The Morgan fingerprint density at radius 2 is 0.811 bits per heavy atom. The molecule has 2 amide bonds. The van der Waals surface area contributed by atoms with Gasteiger partial charge in [0.05, 0.1) is 44.9 Å². The lowest BCUT2D eigenvalue weighted by Gasteiger charge is -2.12. The van der Waals surface area contributed by atoms with E-state index in [4.69, 9.17) is 29.2 Å². The lowest BCUT2D eigenvalue weighted by atomic mass is 9.94. The number of amides is 2. The number of ether oxygens (including phenoxy) is 4. The highest BCUT2D eigenvalue weighted by molar-refractivity contribution is 8.76. The largest absolute Gasteiger partial charge is 0.481 e. The van der Waals surface area contributed by atoms with Crippen molar-refractivity contribution in [3.63, 3.8) is 0 Å². The van der Waals surface area contributed by atoms with Crippen LogP contribution >= 0.6 is 64.8 Å². The van der Waals surface area contributed by atoms with E-state index >= 15 is 0 Å². The number of nitrogens with one attached hydrogen (secondary N) is 2. The summed E-state index contributed by atoms with van der Waals surface area (Å²) in [5, 5.41) is 32.5. The van der Waals surface area contributed by atoms with Crippen molar-refractivity contribution in [2.24, 2.45) is 11.8 Å². The second-order valence-corrected chi connectivity index (χ2v) is 25.3. The molecule has 0 spiro atoms. The van der Waals surface area contributed by atoms with Crippen LogP contribution in [0.3, 0.4) is 0 Å². The van der Waals surface area contributed by atoms with Crippen LogP contribution in [0.2, 0.25) is 0 Å². The van der Waals surface area contributed by atoms with E-state index in [-0.39, 0.29) is 95.3 Å². The molecule has 2 atom stereocenters. The van der Waals surface area contributed by atoms with E-state index in [2.05, 4.69) is 48.2 Å². The number of hydrogen-bond donors (Lipinski definition) is 5. The Kier molecular flexibility index (Phi) is 70.5. The predicted molar refractivity (Wildman–Crippen MR) is 316 cm³/mol. The van der Waals surface area contributed by atoms with Crippen LogP contribution in [0.1, 0.15) is 174 Å². The maximum absolute atomic E-state index is 12.5. The number of ketones is 2. The molecule has 0 aromatic heterocycles. The van der Waals surface area contributed by atoms with Gasteiger partial charge in [-0.1, -0.05) is 168 Å². The van der Waals surface area contributed by atoms with Gasteiger partial charge < -0.3 is 44.9 Å². The molecule has 1 unspecified atom stereocenters. The zero-order valence-electron chi connectivity index (χ0n) is 46.4. The van der Waals surface area contributed by atoms with Gasteiger partial charge in [0.25, 0.3) is 0 Å². The van der Waals surface area contributed by atoms with Gasteiger partial charge in [0.15, 0.2) is 5.78 Å². The summed E-state index contributed by atoms with van der Waals surface area (Å²) in [5.41, 5.74) is 0. The quantitative estimate of drug-likeness (QED) is 0.0281. The van der Waals surface area contributed by atoms with E-state index in [0.717, 1.165) is 51.4 Å². The minimum Gasteiger partial charge on any atom is -0.481 e. The summed E-state index contributed by atoms with van der Waals surface area (Å²) in [6.45, 7) is 3.82. The second-order valence-electron chi connectivity index (χ2n) is 17.3. The van der Waals surface area contributed by atoms with E-state index in [1.165, 1.54) is 57.8 Å². The minimum atomic E-state index is -1.07. The Labute approximate surface area is 470 Å². The summed E-state index contributed by atoms with van der Waals surface area (Å²) < 4.78 is 21.5. The lowest BCUT2D eigenvalue weighted by molar-refractivity contribution is -0.144. The number of Topliss-reactive ketones (excluding diaryl/α,β-unsaturated/α-hetero) is 2. The van der Waals surface area contributed by atoms with Crippen LogP contribution in [0.4, 0.5) is 0 Å². The molecule has 0 aliphatic rings. The molecular weight excluding hydrogens is 1070 g/mol. The fourth-order valence-electron chi connectivity index (χ4n) is 6.63. The zero-order valence-corrected chi connectivity index (χ0v) is 51.3. The molecule has 0 fully saturated rings. The maximum Gasteiger partial charge on any atom is 0.306 e. The van der Waals surface area contributed by atoms with Crippen molar-refractivity contribution in [1.82, 2.24) is 10.6 Å². The number of carboxylic acid groups (broad SMARTS) is 3. The molecule has 0 bridgehead atoms. The van der Waals surface area contributed by atoms with E-state index in [1.54, 1.807) is 71.7 Å². The van der Waals surface area contributed by atoms with Crippen molar-refractivity contribution < 1.29 is 67.8 Å². The summed E-state index contributed by atoms with van der Waals surface area (Å²) in [6, 6.07) is 0. The normalized spacial score (nSPS) is 11.4. The molecular formula is C52H100N2O14S6. The standard InChI is InChI=1S/C46H82N2O14.3C2H6S2/c1-38(45(55)56)21-18-19-27-47-43(52)37-62-34-31-59-29-20-23-41(50)36-61-33-32-60-30-28-48-42(51)26-25-39(46(57)58)35-40(49)22-16-14-12-10-8-6-4-2-3-5-7-9-11-13-15-17-24-44(53)54;3*1-3-4-2/h38-39H,2-37H2,1H3,(H,47,52)(H,48,51)(H,53,54)(H,55,56)(H,57,58);3*1-2H3/t38-,39?;;;/m0.../s1. The monoisotopic (exact) mass is 1170 g/mol. The van der Waals surface area contributed by atoms with E-state index < -0.39 is 29.7 Å². The first-order valence-electron chi connectivity index (χ1n) is 26.4. The summed E-state index contributed by atoms with van der Waals surface area (Å²) in [7, 11) is 10.6. The fourth-order valence-corrected chi connectivity index (χ4v) is 6.63. The molecule has 0 saturated carbocycles. The Hall–Kier alpha value is -1.37. The van der Waals surface area contributed by atoms with Gasteiger partial charge >= 0.3 is 17.9 Å². The molecule has 0 aliphatic carbocycles. The number of carbonyl (C=O) groups excluding carboxylic acids is 4. The summed E-state index contributed by atoms with van der Waals surface area (Å²) in [5.74, 6) is -4.55. The lowest BCUT2D eigenvalue weighted by Crippen LogP contribution is -2.29. The van der Waals surface area contributed by atoms with Crippen molar-refractivity contribution in [1.29, 1.82) is 0 Å². The Morgan fingerprint density at radius 1 is 0.392 bits per heavy atom. The van der Waals surface area contributed by atoms with Crippen LogP contribution in [-0.4, -0.2) is 160 Å². The Balaban J connectivity index is -0.00000182. The number of carbonyl (C=O) groups is 7. The molecule has 0 saturated heterocycles. The van der Waals surface area contributed by atoms with E-state index in [1.807, 2.05) is 0 Å². The molecule has 0 heterocycles. The maximum atomic E-state index is 12.5. The van der Waals surface area contributed by atoms with Gasteiger partial charge in [-0.05, 0) is 76.1 Å². The van der Waals surface area contributed by atoms with Gasteiger partial charge in [0.2, 0.25) is 11.8 Å². The van der Waals surface area contributed by atoms with Gasteiger partial charge in [0, 0.05) is 51.8 Å². The smallest absolute Gasteiger partial charge is 0.306 e.